The summed E-state index contributed by atoms with van der Waals surface area (Å²) in [4.78, 5) is 4.08. The fourth-order valence-electron chi connectivity index (χ4n) is 1.46. The maximum absolute atomic E-state index is 6.03. The van der Waals surface area contributed by atoms with Crippen molar-refractivity contribution in [1.82, 2.24) is 4.98 Å². The van der Waals surface area contributed by atoms with E-state index in [4.69, 9.17) is 10.5 Å². The minimum absolute atomic E-state index is 0.141. The van der Waals surface area contributed by atoms with Gasteiger partial charge in [-0.3, -0.25) is 4.98 Å². The molecule has 1 atom stereocenters. The predicted octanol–water partition coefficient (Wildman–Crippen LogP) is 1.50. The van der Waals surface area contributed by atoms with Gasteiger partial charge in [-0.25, -0.2) is 0 Å². The largest absolute Gasteiger partial charge is 0.495 e. The molecule has 1 aliphatic rings. The minimum atomic E-state index is 0.141. The first-order chi connectivity index (χ1) is 6.31. The summed E-state index contributed by atoms with van der Waals surface area (Å²) in [6, 6.07) is 2.11. The number of methoxy groups -OCH3 is 1. The highest BCUT2D eigenvalue weighted by Crippen LogP contribution is 2.39. The van der Waals surface area contributed by atoms with Gasteiger partial charge in [0.15, 0.2) is 0 Å². The van der Waals surface area contributed by atoms with Crippen LogP contribution in [0.1, 0.15) is 24.4 Å². The molecule has 70 valence electrons. The predicted molar refractivity (Wildman–Crippen MR) is 50.4 cm³/mol. The lowest BCUT2D eigenvalue weighted by molar-refractivity contribution is 0.411. The van der Waals surface area contributed by atoms with E-state index in [-0.39, 0.29) is 6.04 Å². The zero-order valence-electron chi connectivity index (χ0n) is 7.73. The molecule has 1 aliphatic carbocycles. The zero-order valence-corrected chi connectivity index (χ0v) is 7.73. The summed E-state index contributed by atoms with van der Waals surface area (Å²) in [5.74, 6) is 1.45. The average molecular weight is 178 g/mol. The van der Waals surface area contributed by atoms with Crippen molar-refractivity contribution in [1.29, 1.82) is 0 Å². The second-order valence-corrected chi connectivity index (χ2v) is 3.52. The Balaban J connectivity index is 2.18. The van der Waals surface area contributed by atoms with Gasteiger partial charge in [0.2, 0.25) is 0 Å². The lowest BCUT2D eigenvalue weighted by Gasteiger charge is -2.10. The van der Waals surface area contributed by atoms with Crippen LogP contribution < -0.4 is 10.5 Å². The van der Waals surface area contributed by atoms with E-state index in [0.717, 1.165) is 11.3 Å². The maximum atomic E-state index is 6.03. The van der Waals surface area contributed by atoms with Crippen molar-refractivity contribution in [3.05, 3.63) is 24.0 Å². The van der Waals surface area contributed by atoms with E-state index in [0.29, 0.717) is 5.92 Å². The molecule has 3 heteroatoms. The average Bonchev–Trinajstić information content (AvgIpc) is 3.00. The second-order valence-electron chi connectivity index (χ2n) is 3.52. The van der Waals surface area contributed by atoms with E-state index in [1.165, 1.54) is 12.8 Å². The van der Waals surface area contributed by atoms with Crippen molar-refractivity contribution in [3.8, 4) is 5.75 Å². The second kappa shape index (κ2) is 3.34. The van der Waals surface area contributed by atoms with Crippen LogP contribution in [-0.4, -0.2) is 12.1 Å². The van der Waals surface area contributed by atoms with Crippen LogP contribution in [0.4, 0.5) is 0 Å². The molecule has 13 heavy (non-hydrogen) atoms. The number of ether oxygens (including phenoxy) is 1. The molecule has 3 nitrogen and oxygen atoms in total. The maximum Gasteiger partial charge on any atom is 0.137 e. The van der Waals surface area contributed by atoms with Crippen molar-refractivity contribution in [2.45, 2.75) is 18.9 Å². The molecule has 1 aromatic heterocycles. The normalized spacial score (nSPS) is 18.3. The molecule has 1 fully saturated rings. The highest BCUT2D eigenvalue weighted by atomic mass is 16.5. The fourth-order valence-corrected chi connectivity index (χ4v) is 1.46. The van der Waals surface area contributed by atoms with Gasteiger partial charge in [0.05, 0.1) is 13.3 Å². The molecule has 2 N–H and O–H groups in total. The lowest BCUT2D eigenvalue weighted by Crippen LogP contribution is -2.12. The van der Waals surface area contributed by atoms with Crippen LogP contribution in [0.2, 0.25) is 0 Å². The Bertz CT molecular complexity index is 297. The summed E-state index contributed by atoms with van der Waals surface area (Å²) in [5, 5.41) is 0. The molecule has 0 aliphatic heterocycles. The molecular weight excluding hydrogens is 164 g/mol. The Morgan fingerprint density at radius 2 is 2.31 bits per heavy atom. The van der Waals surface area contributed by atoms with Crippen molar-refractivity contribution < 1.29 is 4.74 Å². The third-order valence-electron chi connectivity index (χ3n) is 2.48. The van der Waals surface area contributed by atoms with E-state index >= 15 is 0 Å². The third kappa shape index (κ3) is 1.80. The van der Waals surface area contributed by atoms with E-state index in [1.54, 1.807) is 13.3 Å². The van der Waals surface area contributed by atoms with Gasteiger partial charge in [-0.15, -0.1) is 0 Å². The Kier molecular flexibility index (Phi) is 2.19. The lowest BCUT2D eigenvalue weighted by atomic mass is 10.1. The van der Waals surface area contributed by atoms with Crippen molar-refractivity contribution in [3.63, 3.8) is 0 Å². The number of rotatable bonds is 3. The molecule has 0 aromatic carbocycles. The van der Waals surface area contributed by atoms with Crippen LogP contribution in [0, 0.1) is 5.92 Å². The van der Waals surface area contributed by atoms with Crippen LogP contribution in [0.15, 0.2) is 18.5 Å². The topological polar surface area (TPSA) is 48.1 Å². The first kappa shape index (κ1) is 8.51. The molecule has 0 radical (unpaired) electrons. The summed E-state index contributed by atoms with van der Waals surface area (Å²) < 4.78 is 5.09. The molecule has 0 saturated heterocycles. The Morgan fingerprint density at radius 1 is 1.54 bits per heavy atom. The van der Waals surface area contributed by atoms with Crippen LogP contribution >= 0.6 is 0 Å². The van der Waals surface area contributed by atoms with Gasteiger partial charge in [-0.1, -0.05) is 0 Å². The number of nitrogens with zero attached hydrogens (tertiary/aromatic N) is 1. The molecule has 0 spiro atoms. The van der Waals surface area contributed by atoms with Gasteiger partial charge in [0.1, 0.15) is 5.75 Å². The summed E-state index contributed by atoms with van der Waals surface area (Å²) in [6.45, 7) is 0. The molecule has 0 bridgehead atoms. The van der Waals surface area contributed by atoms with Gasteiger partial charge in [-0.2, -0.15) is 0 Å². The fraction of sp³-hybridized carbons (Fsp3) is 0.500. The number of pyridine rings is 1. The number of hydrogen-bond donors (Lipinski definition) is 1. The molecular formula is C10H14N2O. The van der Waals surface area contributed by atoms with Gasteiger partial charge >= 0.3 is 0 Å². The molecule has 2 rings (SSSR count). The molecule has 1 saturated carbocycles. The minimum Gasteiger partial charge on any atom is -0.495 e. The first-order valence-electron chi connectivity index (χ1n) is 4.56. The first-order valence-corrected chi connectivity index (χ1v) is 4.56. The highest BCUT2D eigenvalue weighted by Gasteiger charge is 2.29. The molecule has 0 amide bonds. The number of nitrogens with two attached hydrogens (primary N) is 1. The monoisotopic (exact) mass is 178 g/mol. The van der Waals surface area contributed by atoms with Crippen LogP contribution in [-0.2, 0) is 0 Å². The van der Waals surface area contributed by atoms with Crippen molar-refractivity contribution in [2.75, 3.05) is 7.11 Å². The van der Waals surface area contributed by atoms with Crippen LogP contribution in [0.3, 0.4) is 0 Å². The summed E-state index contributed by atoms with van der Waals surface area (Å²) in [7, 11) is 1.64. The van der Waals surface area contributed by atoms with Gasteiger partial charge in [-0.05, 0) is 30.4 Å². The van der Waals surface area contributed by atoms with Crippen molar-refractivity contribution in [2.24, 2.45) is 11.7 Å². The summed E-state index contributed by atoms with van der Waals surface area (Å²) in [5.41, 5.74) is 7.11. The zero-order chi connectivity index (χ0) is 9.26. The van der Waals surface area contributed by atoms with Crippen LogP contribution in [0.25, 0.3) is 0 Å². The van der Waals surface area contributed by atoms with Gasteiger partial charge in [0, 0.05) is 12.2 Å². The Morgan fingerprint density at radius 3 is 2.92 bits per heavy atom. The third-order valence-corrected chi connectivity index (χ3v) is 2.48. The van der Waals surface area contributed by atoms with Gasteiger partial charge in [0.25, 0.3) is 0 Å². The summed E-state index contributed by atoms with van der Waals surface area (Å²) >= 11 is 0. The number of aromatic nitrogens is 1. The van der Waals surface area contributed by atoms with E-state index in [1.807, 2.05) is 12.3 Å². The Labute approximate surface area is 77.9 Å². The quantitative estimate of drug-likeness (QED) is 0.763. The van der Waals surface area contributed by atoms with Gasteiger partial charge < -0.3 is 10.5 Å². The highest BCUT2D eigenvalue weighted by molar-refractivity contribution is 5.26. The molecule has 0 unspecified atom stereocenters. The van der Waals surface area contributed by atoms with E-state index in [2.05, 4.69) is 4.98 Å². The number of hydrogen-bond acceptors (Lipinski definition) is 3. The van der Waals surface area contributed by atoms with E-state index < -0.39 is 0 Å². The van der Waals surface area contributed by atoms with Crippen molar-refractivity contribution >= 4 is 0 Å². The van der Waals surface area contributed by atoms with E-state index in [9.17, 15) is 0 Å². The molecule has 1 aromatic rings. The SMILES string of the molecule is COc1cncc([C@@H](N)C2CC2)c1. The van der Waals surface area contributed by atoms with Crippen LogP contribution in [0.5, 0.6) is 5.75 Å². The standard InChI is InChI=1S/C10H14N2O/c1-13-9-4-8(5-12-6-9)10(11)7-2-3-7/h4-7,10H,2-3,11H2,1H3/t10-/m0/s1. The molecule has 1 heterocycles. The summed E-state index contributed by atoms with van der Waals surface area (Å²) in [6.07, 6.45) is 6.02. The Hall–Kier alpha value is -1.09. The smallest absolute Gasteiger partial charge is 0.137 e.